The van der Waals surface area contributed by atoms with Crippen molar-refractivity contribution in [2.45, 2.75) is 19.9 Å². The van der Waals surface area contributed by atoms with Crippen molar-refractivity contribution in [3.05, 3.63) is 64.7 Å². The molecule has 2 aromatic rings. The van der Waals surface area contributed by atoms with Crippen LogP contribution >= 0.6 is 11.6 Å². The maximum atomic E-state index is 11.8. The standard InChI is InChI=1S/C17H17ClN2O2/c1-12-7-8-14(9-15(12)18)20-17(22)10-16(21)19-11-13-5-3-2-4-6-13/h2-9H,10-11H2,1H3,(H,19,21)(H,20,22). The van der Waals surface area contributed by atoms with E-state index in [-0.39, 0.29) is 18.2 Å². The zero-order chi connectivity index (χ0) is 15.9. The number of halogens is 1. The van der Waals surface area contributed by atoms with Gasteiger partial charge in [-0.3, -0.25) is 9.59 Å². The van der Waals surface area contributed by atoms with E-state index in [9.17, 15) is 9.59 Å². The molecule has 2 rings (SSSR count). The molecule has 5 heteroatoms. The number of aryl methyl sites for hydroxylation is 1. The molecule has 0 atom stereocenters. The molecule has 2 aromatic carbocycles. The molecule has 2 N–H and O–H groups in total. The van der Waals surface area contributed by atoms with E-state index in [1.54, 1.807) is 12.1 Å². The first kappa shape index (κ1) is 16.0. The Morgan fingerprint density at radius 2 is 1.77 bits per heavy atom. The highest BCUT2D eigenvalue weighted by molar-refractivity contribution is 6.31. The Labute approximate surface area is 134 Å². The van der Waals surface area contributed by atoms with E-state index in [0.717, 1.165) is 11.1 Å². The number of hydrogen-bond donors (Lipinski definition) is 2. The number of anilines is 1. The molecule has 0 unspecified atom stereocenters. The predicted octanol–water partition coefficient (Wildman–Crippen LogP) is 3.29. The predicted molar refractivity (Wildman–Crippen MR) is 87.7 cm³/mol. The second-order valence-corrected chi connectivity index (χ2v) is 5.36. The molecule has 22 heavy (non-hydrogen) atoms. The Kier molecular flexibility index (Phi) is 5.55. The number of rotatable bonds is 5. The van der Waals surface area contributed by atoms with Gasteiger partial charge in [-0.2, -0.15) is 0 Å². The first-order chi connectivity index (χ1) is 10.5. The fraction of sp³-hybridized carbons (Fsp3) is 0.176. The van der Waals surface area contributed by atoms with Gasteiger partial charge in [0.15, 0.2) is 0 Å². The third-order valence-corrected chi connectivity index (χ3v) is 3.52. The summed E-state index contributed by atoms with van der Waals surface area (Å²) < 4.78 is 0. The molecule has 0 aliphatic carbocycles. The molecule has 2 amide bonds. The number of benzene rings is 2. The average Bonchev–Trinajstić information content (AvgIpc) is 2.50. The summed E-state index contributed by atoms with van der Waals surface area (Å²) in [6.07, 6.45) is -0.224. The zero-order valence-corrected chi connectivity index (χ0v) is 13.0. The second kappa shape index (κ2) is 7.61. The molecular formula is C17H17ClN2O2. The molecule has 0 heterocycles. The second-order valence-electron chi connectivity index (χ2n) is 4.95. The maximum Gasteiger partial charge on any atom is 0.233 e. The molecule has 0 aromatic heterocycles. The van der Waals surface area contributed by atoms with Gasteiger partial charge in [-0.15, -0.1) is 0 Å². The van der Waals surface area contributed by atoms with Crippen molar-refractivity contribution < 1.29 is 9.59 Å². The highest BCUT2D eigenvalue weighted by Gasteiger charge is 2.10. The van der Waals surface area contributed by atoms with E-state index in [4.69, 9.17) is 11.6 Å². The minimum absolute atomic E-state index is 0.224. The molecule has 0 fully saturated rings. The Morgan fingerprint density at radius 3 is 2.45 bits per heavy atom. The molecule has 0 saturated heterocycles. The van der Waals surface area contributed by atoms with Gasteiger partial charge in [0.2, 0.25) is 11.8 Å². The van der Waals surface area contributed by atoms with E-state index in [2.05, 4.69) is 10.6 Å². The van der Waals surface area contributed by atoms with Crippen molar-refractivity contribution in [1.29, 1.82) is 0 Å². The Hall–Kier alpha value is -2.33. The maximum absolute atomic E-state index is 11.8. The van der Waals surface area contributed by atoms with Gasteiger partial charge < -0.3 is 10.6 Å². The number of amides is 2. The van der Waals surface area contributed by atoms with Gasteiger partial charge in [0.05, 0.1) is 0 Å². The number of nitrogens with one attached hydrogen (secondary N) is 2. The quantitative estimate of drug-likeness (QED) is 0.832. The average molecular weight is 317 g/mol. The van der Waals surface area contributed by atoms with Crippen LogP contribution < -0.4 is 10.6 Å². The zero-order valence-electron chi connectivity index (χ0n) is 12.2. The third-order valence-electron chi connectivity index (χ3n) is 3.11. The largest absolute Gasteiger partial charge is 0.352 e. The van der Waals surface area contributed by atoms with Crippen molar-refractivity contribution in [1.82, 2.24) is 5.32 Å². The summed E-state index contributed by atoms with van der Waals surface area (Å²) in [5, 5.41) is 5.94. The van der Waals surface area contributed by atoms with E-state index < -0.39 is 0 Å². The normalized spacial score (nSPS) is 10.1. The van der Waals surface area contributed by atoms with Crippen LogP contribution in [0.25, 0.3) is 0 Å². The van der Waals surface area contributed by atoms with Crippen LogP contribution in [0.2, 0.25) is 5.02 Å². The first-order valence-electron chi connectivity index (χ1n) is 6.91. The van der Waals surface area contributed by atoms with Crippen molar-refractivity contribution >= 4 is 29.1 Å². The highest BCUT2D eigenvalue weighted by Crippen LogP contribution is 2.19. The molecule has 0 radical (unpaired) electrons. The summed E-state index contributed by atoms with van der Waals surface area (Å²) in [5.74, 6) is -0.690. The summed E-state index contributed by atoms with van der Waals surface area (Å²) in [5.41, 5.74) is 2.50. The topological polar surface area (TPSA) is 58.2 Å². The number of carbonyl (C=O) groups excluding carboxylic acids is 2. The van der Waals surface area contributed by atoms with Gasteiger partial charge >= 0.3 is 0 Å². The van der Waals surface area contributed by atoms with E-state index in [1.807, 2.05) is 43.3 Å². The van der Waals surface area contributed by atoms with Crippen molar-refractivity contribution in [3.8, 4) is 0 Å². The van der Waals surface area contributed by atoms with Crippen LogP contribution in [0.3, 0.4) is 0 Å². The third kappa shape index (κ3) is 4.90. The fourth-order valence-electron chi connectivity index (χ4n) is 1.88. The van der Waals surface area contributed by atoms with Gasteiger partial charge in [0, 0.05) is 17.3 Å². The number of hydrogen-bond acceptors (Lipinski definition) is 2. The smallest absolute Gasteiger partial charge is 0.233 e. The number of carbonyl (C=O) groups is 2. The molecule has 114 valence electrons. The Balaban J connectivity index is 1.81. The van der Waals surface area contributed by atoms with Crippen LogP contribution in [-0.4, -0.2) is 11.8 Å². The molecule has 0 spiro atoms. The Morgan fingerprint density at radius 1 is 1.05 bits per heavy atom. The van der Waals surface area contributed by atoms with Gasteiger partial charge in [0.1, 0.15) is 6.42 Å². The van der Waals surface area contributed by atoms with Crippen LogP contribution in [-0.2, 0) is 16.1 Å². The van der Waals surface area contributed by atoms with Crippen LogP contribution in [0, 0.1) is 6.92 Å². The monoisotopic (exact) mass is 316 g/mol. The molecule has 0 aliphatic rings. The van der Waals surface area contributed by atoms with Crippen LogP contribution in [0.5, 0.6) is 0 Å². The Bertz CT molecular complexity index is 672. The van der Waals surface area contributed by atoms with Crippen LogP contribution in [0.1, 0.15) is 17.5 Å². The van der Waals surface area contributed by atoms with Gasteiger partial charge in [-0.25, -0.2) is 0 Å². The summed E-state index contributed by atoms with van der Waals surface area (Å²) in [4.78, 5) is 23.6. The fourth-order valence-corrected chi connectivity index (χ4v) is 2.06. The minimum Gasteiger partial charge on any atom is -0.352 e. The lowest BCUT2D eigenvalue weighted by Gasteiger charge is -2.08. The summed E-state index contributed by atoms with van der Waals surface area (Å²) in [6.45, 7) is 2.29. The van der Waals surface area contributed by atoms with Crippen LogP contribution in [0.4, 0.5) is 5.69 Å². The molecule has 0 bridgehead atoms. The molecule has 4 nitrogen and oxygen atoms in total. The molecule has 0 aliphatic heterocycles. The first-order valence-corrected chi connectivity index (χ1v) is 7.29. The van der Waals surface area contributed by atoms with Crippen molar-refractivity contribution in [2.24, 2.45) is 0 Å². The van der Waals surface area contributed by atoms with E-state index >= 15 is 0 Å². The molecule has 0 saturated carbocycles. The summed E-state index contributed by atoms with van der Waals surface area (Å²) >= 11 is 5.99. The highest BCUT2D eigenvalue weighted by atomic mass is 35.5. The molecular weight excluding hydrogens is 300 g/mol. The van der Waals surface area contributed by atoms with Gasteiger partial charge in [0.25, 0.3) is 0 Å². The minimum atomic E-state index is -0.370. The van der Waals surface area contributed by atoms with E-state index in [1.165, 1.54) is 0 Å². The van der Waals surface area contributed by atoms with Crippen LogP contribution in [0.15, 0.2) is 48.5 Å². The lowest BCUT2D eigenvalue weighted by molar-refractivity contribution is -0.126. The summed E-state index contributed by atoms with van der Waals surface area (Å²) in [6, 6.07) is 14.8. The van der Waals surface area contributed by atoms with Crippen molar-refractivity contribution in [3.63, 3.8) is 0 Å². The SMILES string of the molecule is Cc1ccc(NC(=O)CC(=O)NCc2ccccc2)cc1Cl. The lowest BCUT2D eigenvalue weighted by Crippen LogP contribution is -2.27. The van der Waals surface area contributed by atoms with Crippen molar-refractivity contribution in [2.75, 3.05) is 5.32 Å². The lowest BCUT2D eigenvalue weighted by atomic mass is 10.2. The summed E-state index contributed by atoms with van der Waals surface area (Å²) in [7, 11) is 0. The van der Waals surface area contributed by atoms with Gasteiger partial charge in [-0.05, 0) is 30.2 Å². The van der Waals surface area contributed by atoms with Gasteiger partial charge in [-0.1, -0.05) is 48.0 Å². The van der Waals surface area contributed by atoms with E-state index in [0.29, 0.717) is 17.3 Å².